The average molecular weight is 205 g/mol. The highest BCUT2D eigenvalue weighted by molar-refractivity contribution is 5.72. The van der Waals surface area contributed by atoms with E-state index in [1.165, 1.54) is 7.11 Å². The molecule has 1 N–H and O–H groups in total. The second kappa shape index (κ2) is 5.26. The van der Waals surface area contributed by atoms with Crippen LogP contribution < -0.4 is 5.32 Å². The minimum Gasteiger partial charge on any atom is -0.379 e. The summed E-state index contributed by atoms with van der Waals surface area (Å²) in [5, 5.41) is 3.21. The quantitative estimate of drug-likeness (QED) is 0.738. The Morgan fingerprint density at radius 1 is 1.64 bits per heavy atom. The molecule has 1 saturated heterocycles. The first-order valence-electron chi connectivity index (χ1n) is 4.79. The summed E-state index contributed by atoms with van der Waals surface area (Å²) < 4.78 is 16.9. The number of hydrogen-bond donors (Lipinski definition) is 1. The summed E-state index contributed by atoms with van der Waals surface area (Å²) in [6.07, 6.45) is 1.69. The molecule has 5 heteroatoms. The standard InChI is InChI=1S/C9H16FNO3/c1-6(9(12)14-10)8(13-2)7-4-3-5-11-7/h6-8,11H,3-5H2,1-2H3. The number of rotatable bonds is 4. The lowest BCUT2D eigenvalue weighted by atomic mass is 9.97. The van der Waals surface area contributed by atoms with Gasteiger partial charge in [0, 0.05) is 17.7 Å². The molecule has 1 aliphatic heterocycles. The fourth-order valence-electron chi connectivity index (χ4n) is 1.91. The Balaban J connectivity index is 2.55. The van der Waals surface area contributed by atoms with Crippen molar-refractivity contribution in [1.29, 1.82) is 0 Å². The molecule has 0 amide bonds. The first-order valence-corrected chi connectivity index (χ1v) is 4.79. The Hall–Kier alpha value is -0.680. The summed E-state index contributed by atoms with van der Waals surface area (Å²) in [7, 11) is 1.52. The average Bonchev–Trinajstić information content (AvgIpc) is 2.71. The van der Waals surface area contributed by atoms with Crippen molar-refractivity contribution >= 4 is 5.97 Å². The molecule has 0 aliphatic carbocycles. The maximum absolute atomic E-state index is 11.7. The summed E-state index contributed by atoms with van der Waals surface area (Å²) in [6.45, 7) is 2.53. The number of ether oxygens (including phenoxy) is 1. The monoisotopic (exact) mass is 205 g/mol. The molecule has 4 nitrogen and oxygen atoms in total. The van der Waals surface area contributed by atoms with Crippen LogP contribution in [-0.2, 0) is 14.5 Å². The van der Waals surface area contributed by atoms with Gasteiger partial charge in [-0.25, -0.2) is 4.79 Å². The molecule has 0 aromatic carbocycles. The highest BCUT2D eigenvalue weighted by atomic mass is 19.3. The molecule has 1 rings (SSSR count). The van der Waals surface area contributed by atoms with Crippen LogP contribution in [0.2, 0.25) is 0 Å². The molecule has 1 fully saturated rings. The zero-order valence-electron chi connectivity index (χ0n) is 8.46. The van der Waals surface area contributed by atoms with E-state index in [9.17, 15) is 9.32 Å². The third-order valence-corrected chi connectivity index (χ3v) is 2.71. The Morgan fingerprint density at radius 2 is 2.36 bits per heavy atom. The van der Waals surface area contributed by atoms with Gasteiger partial charge < -0.3 is 10.1 Å². The third kappa shape index (κ3) is 2.42. The maximum atomic E-state index is 11.7. The van der Waals surface area contributed by atoms with Crippen LogP contribution in [0, 0.1) is 5.92 Å². The normalized spacial score (nSPS) is 25.8. The molecule has 0 radical (unpaired) electrons. The van der Waals surface area contributed by atoms with Crippen LogP contribution in [-0.4, -0.2) is 31.8 Å². The molecule has 1 heterocycles. The van der Waals surface area contributed by atoms with Crippen molar-refractivity contribution in [3.8, 4) is 0 Å². The van der Waals surface area contributed by atoms with Crippen molar-refractivity contribution in [2.75, 3.05) is 13.7 Å². The minimum atomic E-state index is -0.870. The number of methoxy groups -OCH3 is 1. The van der Waals surface area contributed by atoms with Crippen LogP contribution in [0.3, 0.4) is 0 Å². The fraction of sp³-hybridized carbons (Fsp3) is 0.889. The van der Waals surface area contributed by atoms with Crippen molar-refractivity contribution in [1.82, 2.24) is 5.32 Å². The van der Waals surface area contributed by atoms with E-state index in [1.807, 2.05) is 0 Å². The van der Waals surface area contributed by atoms with Crippen molar-refractivity contribution in [2.45, 2.75) is 31.9 Å². The van der Waals surface area contributed by atoms with E-state index in [-0.39, 0.29) is 12.1 Å². The van der Waals surface area contributed by atoms with Gasteiger partial charge in [-0.15, -0.1) is 0 Å². The van der Waals surface area contributed by atoms with E-state index < -0.39 is 11.9 Å². The molecule has 1 aliphatic rings. The largest absolute Gasteiger partial charge is 0.379 e. The molecule has 14 heavy (non-hydrogen) atoms. The second-order valence-electron chi connectivity index (χ2n) is 3.59. The van der Waals surface area contributed by atoms with Crippen LogP contribution >= 0.6 is 0 Å². The van der Waals surface area contributed by atoms with Crippen LogP contribution in [0.15, 0.2) is 0 Å². The highest BCUT2D eigenvalue weighted by Crippen LogP contribution is 2.19. The smallest absolute Gasteiger partial charge is 0.354 e. The summed E-state index contributed by atoms with van der Waals surface area (Å²) in [5.74, 6) is -1.45. The summed E-state index contributed by atoms with van der Waals surface area (Å²) in [4.78, 5) is 14.2. The van der Waals surface area contributed by atoms with E-state index in [2.05, 4.69) is 10.3 Å². The molecular formula is C9H16FNO3. The van der Waals surface area contributed by atoms with Gasteiger partial charge in [-0.3, -0.25) is 4.94 Å². The van der Waals surface area contributed by atoms with Crippen molar-refractivity contribution in [3.05, 3.63) is 0 Å². The fourth-order valence-corrected chi connectivity index (χ4v) is 1.91. The van der Waals surface area contributed by atoms with Gasteiger partial charge in [0.25, 0.3) is 0 Å². The van der Waals surface area contributed by atoms with Gasteiger partial charge in [0.2, 0.25) is 0 Å². The second-order valence-corrected chi connectivity index (χ2v) is 3.59. The van der Waals surface area contributed by atoms with Gasteiger partial charge in [-0.1, -0.05) is 0 Å². The molecule has 3 atom stereocenters. The molecular weight excluding hydrogens is 189 g/mol. The molecule has 0 aromatic heterocycles. The van der Waals surface area contributed by atoms with Gasteiger partial charge in [-0.05, 0) is 26.3 Å². The number of carbonyl (C=O) groups is 1. The zero-order chi connectivity index (χ0) is 10.6. The summed E-state index contributed by atoms with van der Waals surface area (Å²) in [6, 6.07) is 0.120. The van der Waals surface area contributed by atoms with E-state index in [1.54, 1.807) is 6.92 Å². The van der Waals surface area contributed by atoms with Gasteiger partial charge in [0.05, 0.1) is 12.0 Å². The number of nitrogens with one attached hydrogen (secondary N) is 1. The van der Waals surface area contributed by atoms with Crippen molar-refractivity contribution in [3.63, 3.8) is 0 Å². The minimum absolute atomic E-state index is 0.120. The predicted molar refractivity (Wildman–Crippen MR) is 48.2 cm³/mol. The third-order valence-electron chi connectivity index (χ3n) is 2.71. The van der Waals surface area contributed by atoms with E-state index in [0.717, 1.165) is 19.4 Å². The molecule has 0 aromatic rings. The van der Waals surface area contributed by atoms with Crippen LogP contribution in [0.4, 0.5) is 4.53 Å². The number of carbonyl (C=O) groups excluding carboxylic acids is 1. The Morgan fingerprint density at radius 3 is 2.79 bits per heavy atom. The maximum Gasteiger partial charge on any atom is 0.354 e. The zero-order valence-corrected chi connectivity index (χ0v) is 8.46. The lowest BCUT2D eigenvalue weighted by Gasteiger charge is -2.25. The molecule has 3 unspecified atom stereocenters. The van der Waals surface area contributed by atoms with E-state index in [4.69, 9.17) is 4.74 Å². The number of halogens is 1. The van der Waals surface area contributed by atoms with Crippen LogP contribution in [0.5, 0.6) is 0 Å². The van der Waals surface area contributed by atoms with Crippen LogP contribution in [0.1, 0.15) is 19.8 Å². The van der Waals surface area contributed by atoms with Crippen molar-refractivity contribution < 1.29 is 19.0 Å². The Bertz CT molecular complexity index is 194. The molecule has 82 valence electrons. The summed E-state index contributed by atoms with van der Waals surface area (Å²) in [5.41, 5.74) is 0. The summed E-state index contributed by atoms with van der Waals surface area (Å²) >= 11 is 0. The van der Waals surface area contributed by atoms with Crippen LogP contribution in [0.25, 0.3) is 0 Å². The topological polar surface area (TPSA) is 47.6 Å². The van der Waals surface area contributed by atoms with Gasteiger partial charge in [0.1, 0.15) is 0 Å². The first-order chi connectivity index (χ1) is 6.70. The Labute approximate surface area is 82.7 Å². The van der Waals surface area contributed by atoms with Gasteiger partial charge in [0.15, 0.2) is 0 Å². The Kier molecular flexibility index (Phi) is 4.28. The lowest BCUT2D eigenvalue weighted by Crippen LogP contribution is -2.43. The number of hydrogen-bond acceptors (Lipinski definition) is 4. The highest BCUT2D eigenvalue weighted by Gasteiger charge is 2.34. The molecule has 0 bridgehead atoms. The van der Waals surface area contributed by atoms with E-state index in [0.29, 0.717) is 0 Å². The van der Waals surface area contributed by atoms with Gasteiger partial charge in [-0.2, -0.15) is 0 Å². The lowest BCUT2D eigenvalue weighted by molar-refractivity contribution is -0.193. The SMILES string of the molecule is COC(C1CCCN1)C(C)C(=O)OF. The van der Waals surface area contributed by atoms with Gasteiger partial charge >= 0.3 is 5.97 Å². The molecule has 0 spiro atoms. The molecule has 0 saturated carbocycles. The van der Waals surface area contributed by atoms with E-state index >= 15 is 0 Å². The first kappa shape index (κ1) is 11.4. The van der Waals surface area contributed by atoms with Crippen molar-refractivity contribution in [2.24, 2.45) is 5.92 Å². The predicted octanol–water partition coefficient (Wildman–Crippen LogP) is 0.817.